The third-order valence-corrected chi connectivity index (χ3v) is 6.98. The molecule has 4 heterocycles. The molecule has 0 atom stereocenters. The molecule has 0 radical (unpaired) electrons. The van der Waals surface area contributed by atoms with Gasteiger partial charge in [0.15, 0.2) is 0 Å². The van der Waals surface area contributed by atoms with Crippen molar-refractivity contribution in [2.24, 2.45) is 0 Å². The number of hydrogen-bond acceptors (Lipinski definition) is 7. The zero-order chi connectivity index (χ0) is 21.1. The zero-order valence-electron chi connectivity index (χ0n) is 17.5. The van der Waals surface area contributed by atoms with E-state index >= 15 is 0 Å². The van der Waals surface area contributed by atoms with Gasteiger partial charge in [0.2, 0.25) is 5.91 Å². The Balaban J connectivity index is 1.62. The van der Waals surface area contributed by atoms with Gasteiger partial charge in [-0.25, -0.2) is 4.98 Å². The van der Waals surface area contributed by atoms with Crippen LogP contribution in [0.5, 0.6) is 0 Å². The molecule has 0 aromatic carbocycles. The van der Waals surface area contributed by atoms with Gasteiger partial charge in [-0.15, -0.1) is 22.7 Å². The van der Waals surface area contributed by atoms with E-state index in [1.54, 1.807) is 22.7 Å². The van der Waals surface area contributed by atoms with Gasteiger partial charge in [-0.05, 0) is 37.1 Å². The van der Waals surface area contributed by atoms with E-state index in [0.29, 0.717) is 19.0 Å². The molecular formula is C22H27N5OS2. The van der Waals surface area contributed by atoms with Crippen LogP contribution in [0.15, 0.2) is 23.8 Å². The molecule has 8 heteroatoms. The molecule has 0 bridgehead atoms. The van der Waals surface area contributed by atoms with Crippen molar-refractivity contribution in [3.63, 3.8) is 0 Å². The van der Waals surface area contributed by atoms with Crippen molar-refractivity contribution in [1.82, 2.24) is 20.6 Å². The topological polar surface area (TPSA) is 78.9 Å². The monoisotopic (exact) mass is 441 g/mol. The molecule has 3 N–H and O–H groups in total. The maximum atomic E-state index is 12.6. The highest BCUT2D eigenvalue weighted by Crippen LogP contribution is 2.44. The smallest absolute Gasteiger partial charge is 0.226 e. The molecule has 1 aliphatic rings. The molecule has 0 saturated carbocycles. The lowest BCUT2D eigenvalue weighted by molar-refractivity contribution is -0.116. The summed E-state index contributed by atoms with van der Waals surface area (Å²) in [5.41, 5.74) is 5.48. The zero-order valence-corrected chi connectivity index (χ0v) is 19.2. The summed E-state index contributed by atoms with van der Waals surface area (Å²) >= 11 is 3.30. The van der Waals surface area contributed by atoms with Gasteiger partial charge < -0.3 is 16.0 Å². The van der Waals surface area contributed by atoms with Gasteiger partial charge in [0.25, 0.3) is 0 Å². The number of rotatable bonds is 7. The molecule has 1 aliphatic heterocycles. The Morgan fingerprint density at radius 2 is 2.20 bits per heavy atom. The molecule has 0 spiro atoms. The summed E-state index contributed by atoms with van der Waals surface area (Å²) in [6.07, 6.45) is 5.10. The summed E-state index contributed by atoms with van der Waals surface area (Å²) < 4.78 is 0. The third kappa shape index (κ3) is 4.78. The molecule has 30 heavy (non-hydrogen) atoms. The number of fused-ring (bicyclic) bond motifs is 1. The Morgan fingerprint density at radius 3 is 3.00 bits per heavy atom. The van der Waals surface area contributed by atoms with Crippen molar-refractivity contribution in [2.45, 2.75) is 46.2 Å². The number of carbonyl (C=O) groups is 1. The van der Waals surface area contributed by atoms with Crippen LogP contribution in [-0.2, 0) is 17.8 Å². The SMILES string of the molecule is Cc1cncc(-c2csc(-c3c(NC(=O)CCNC(C)C)sc4c3CCNC4)n2)c1. The van der Waals surface area contributed by atoms with Crippen LogP contribution in [0.25, 0.3) is 21.8 Å². The van der Waals surface area contributed by atoms with E-state index in [2.05, 4.69) is 46.2 Å². The number of thiazole rings is 1. The molecule has 0 unspecified atom stereocenters. The van der Waals surface area contributed by atoms with E-state index in [1.807, 2.05) is 19.3 Å². The fraction of sp³-hybridized carbons (Fsp3) is 0.409. The first-order valence-electron chi connectivity index (χ1n) is 10.3. The predicted molar refractivity (Wildman–Crippen MR) is 125 cm³/mol. The van der Waals surface area contributed by atoms with Crippen molar-refractivity contribution in [2.75, 3.05) is 18.4 Å². The van der Waals surface area contributed by atoms with Gasteiger partial charge in [0, 0.05) is 59.3 Å². The average molecular weight is 442 g/mol. The van der Waals surface area contributed by atoms with E-state index < -0.39 is 0 Å². The number of anilines is 1. The van der Waals surface area contributed by atoms with Gasteiger partial charge in [-0.3, -0.25) is 9.78 Å². The summed E-state index contributed by atoms with van der Waals surface area (Å²) in [7, 11) is 0. The maximum absolute atomic E-state index is 12.6. The lowest BCUT2D eigenvalue weighted by atomic mass is 10.0. The van der Waals surface area contributed by atoms with Crippen LogP contribution < -0.4 is 16.0 Å². The van der Waals surface area contributed by atoms with Gasteiger partial charge in [-0.2, -0.15) is 0 Å². The number of aryl methyl sites for hydroxylation is 1. The molecule has 0 saturated heterocycles. The van der Waals surface area contributed by atoms with Crippen LogP contribution in [0.3, 0.4) is 0 Å². The van der Waals surface area contributed by atoms with Gasteiger partial charge in [0.1, 0.15) is 10.0 Å². The largest absolute Gasteiger partial charge is 0.317 e. The Kier molecular flexibility index (Phi) is 6.58. The van der Waals surface area contributed by atoms with Crippen LogP contribution in [-0.4, -0.2) is 35.0 Å². The fourth-order valence-electron chi connectivity index (χ4n) is 3.53. The first kappa shape index (κ1) is 21.1. The second kappa shape index (κ2) is 9.34. The molecule has 3 aromatic heterocycles. The Hall–Kier alpha value is -2.13. The highest BCUT2D eigenvalue weighted by molar-refractivity contribution is 7.18. The number of nitrogens with zero attached hydrogens (tertiary/aromatic N) is 2. The van der Waals surface area contributed by atoms with Crippen LogP contribution >= 0.6 is 22.7 Å². The summed E-state index contributed by atoms with van der Waals surface area (Å²) in [5.74, 6) is 0.0376. The second-order valence-corrected chi connectivity index (χ2v) is 9.79. The number of aromatic nitrogens is 2. The molecule has 1 amide bonds. The first-order chi connectivity index (χ1) is 14.5. The molecule has 3 aromatic rings. The Bertz CT molecular complexity index is 1040. The quantitative estimate of drug-likeness (QED) is 0.512. The van der Waals surface area contributed by atoms with Gasteiger partial charge >= 0.3 is 0 Å². The van der Waals surface area contributed by atoms with Crippen molar-refractivity contribution < 1.29 is 4.79 Å². The van der Waals surface area contributed by atoms with Crippen LogP contribution in [0.4, 0.5) is 5.00 Å². The van der Waals surface area contributed by atoms with Crippen LogP contribution in [0.2, 0.25) is 0 Å². The second-order valence-electron chi connectivity index (χ2n) is 7.83. The van der Waals surface area contributed by atoms with Gasteiger partial charge in [0.05, 0.1) is 5.69 Å². The highest BCUT2D eigenvalue weighted by Gasteiger charge is 2.25. The molecular weight excluding hydrogens is 414 g/mol. The molecule has 0 aliphatic carbocycles. The molecule has 4 rings (SSSR count). The third-order valence-electron chi connectivity index (χ3n) is 4.97. The van der Waals surface area contributed by atoms with Crippen molar-refractivity contribution in [1.29, 1.82) is 0 Å². The van der Waals surface area contributed by atoms with E-state index in [0.717, 1.165) is 51.9 Å². The summed E-state index contributed by atoms with van der Waals surface area (Å²) in [5, 5.41) is 13.9. The maximum Gasteiger partial charge on any atom is 0.226 e. The standard InChI is InChI=1S/C22H27N5OS2/c1-13(2)25-7-5-19(28)27-22-20(16-4-6-23-11-18(16)30-22)21-26-17(12-29-21)15-8-14(3)9-24-10-15/h8-10,12-13,23,25H,4-7,11H2,1-3H3,(H,27,28). The highest BCUT2D eigenvalue weighted by atomic mass is 32.1. The lowest BCUT2D eigenvalue weighted by Crippen LogP contribution is -2.27. The summed E-state index contributed by atoms with van der Waals surface area (Å²) in [4.78, 5) is 23.1. The van der Waals surface area contributed by atoms with Crippen molar-refractivity contribution in [3.8, 4) is 21.8 Å². The van der Waals surface area contributed by atoms with Crippen molar-refractivity contribution >= 4 is 33.6 Å². The number of pyridine rings is 1. The number of amides is 1. The Morgan fingerprint density at radius 1 is 1.33 bits per heavy atom. The van der Waals surface area contributed by atoms with Crippen LogP contribution in [0.1, 0.15) is 36.3 Å². The average Bonchev–Trinajstić information content (AvgIpc) is 3.31. The van der Waals surface area contributed by atoms with Crippen molar-refractivity contribution in [3.05, 3.63) is 39.8 Å². The van der Waals surface area contributed by atoms with Crippen LogP contribution in [0, 0.1) is 6.92 Å². The summed E-state index contributed by atoms with van der Waals surface area (Å²) in [6.45, 7) is 8.67. The van der Waals surface area contributed by atoms with E-state index in [-0.39, 0.29) is 5.91 Å². The normalized spacial score (nSPS) is 13.5. The minimum Gasteiger partial charge on any atom is -0.317 e. The van der Waals surface area contributed by atoms with E-state index in [9.17, 15) is 4.79 Å². The number of hydrogen-bond donors (Lipinski definition) is 3. The Labute approximate surface area is 185 Å². The minimum atomic E-state index is 0.0376. The van der Waals surface area contributed by atoms with E-state index in [1.165, 1.54) is 10.4 Å². The lowest BCUT2D eigenvalue weighted by Gasteiger charge is -2.13. The number of carbonyl (C=O) groups excluding carboxylic acids is 1. The molecule has 6 nitrogen and oxygen atoms in total. The minimum absolute atomic E-state index is 0.0376. The first-order valence-corrected chi connectivity index (χ1v) is 12.0. The van der Waals surface area contributed by atoms with E-state index in [4.69, 9.17) is 4.98 Å². The molecule has 158 valence electrons. The predicted octanol–water partition coefficient (Wildman–Crippen LogP) is 4.21. The summed E-state index contributed by atoms with van der Waals surface area (Å²) in [6, 6.07) is 2.47. The van der Waals surface area contributed by atoms with Gasteiger partial charge in [-0.1, -0.05) is 13.8 Å². The number of nitrogens with one attached hydrogen (secondary N) is 3. The number of thiophene rings is 1. The molecule has 0 fully saturated rings. The fourth-order valence-corrected chi connectivity index (χ4v) is 5.73.